The number of hydrogen-bond donors (Lipinski definition) is 0. The zero-order chi connectivity index (χ0) is 15.1. The number of hydrogen-bond acceptors (Lipinski definition) is 2. The third-order valence-corrected chi connectivity index (χ3v) is 4.69. The Morgan fingerprint density at radius 3 is 2.57 bits per heavy atom. The quantitative estimate of drug-likeness (QED) is 0.726. The standard InChI is InChI=1S/C19H29NO/c1-3-6-17-7-5-13-20(14-12-17)15-19(21)18-10-8-16(4-2)9-11-18/h8-11,17H,3-7,12-15H2,1-2H3. The summed E-state index contributed by atoms with van der Waals surface area (Å²) in [7, 11) is 0. The predicted octanol–water partition coefficient (Wildman–Crippen LogP) is 4.33. The van der Waals surface area contributed by atoms with Crippen LogP contribution in [0.5, 0.6) is 0 Å². The first-order valence-electron chi connectivity index (χ1n) is 8.57. The van der Waals surface area contributed by atoms with E-state index in [9.17, 15) is 4.79 Å². The molecular formula is C19H29NO. The number of ketones is 1. The van der Waals surface area contributed by atoms with Gasteiger partial charge in [-0.1, -0.05) is 51.0 Å². The molecule has 2 heteroatoms. The molecule has 0 aliphatic carbocycles. The average molecular weight is 287 g/mol. The van der Waals surface area contributed by atoms with Crippen LogP contribution in [0.1, 0.15) is 61.9 Å². The topological polar surface area (TPSA) is 20.3 Å². The van der Waals surface area contributed by atoms with Crippen molar-refractivity contribution in [2.45, 2.75) is 52.4 Å². The van der Waals surface area contributed by atoms with Crippen LogP contribution in [0.2, 0.25) is 0 Å². The predicted molar refractivity (Wildman–Crippen MR) is 88.8 cm³/mol. The lowest BCUT2D eigenvalue weighted by Crippen LogP contribution is -2.31. The molecule has 0 N–H and O–H groups in total. The fourth-order valence-electron chi connectivity index (χ4n) is 3.30. The van der Waals surface area contributed by atoms with Crippen molar-refractivity contribution in [2.75, 3.05) is 19.6 Å². The van der Waals surface area contributed by atoms with Crippen molar-refractivity contribution in [2.24, 2.45) is 5.92 Å². The Labute approximate surface area is 129 Å². The highest BCUT2D eigenvalue weighted by atomic mass is 16.1. The lowest BCUT2D eigenvalue weighted by Gasteiger charge is -2.19. The summed E-state index contributed by atoms with van der Waals surface area (Å²) in [6.45, 7) is 7.17. The van der Waals surface area contributed by atoms with Crippen LogP contribution in [0.4, 0.5) is 0 Å². The smallest absolute Gasteiger partial charge is 0.176 e. The van der Waals surface area contributed by atoms with Crippen LogP contribution < -0.4 is 0 Å². The fourth-order valence-corrected chi connectivity index (χ4v) is 3.30. The lowest BCUT2D eigenvalue weighted by atomic mass is 9.96. The van der Waals surface area contributed by atoms with E-state index in [1.54, 1.807) is 0 Å². The molecule has 2 nitrogen and oxygen atoms in total. The van der Waals surface area contributed by atoms with E-state index >= 15 is 0 Å². The zero-order valence-corrected chi connectivity index (χ0v) is 13.6. The van der Waals surface area contributed by atoms with Crippen molar-refractivity contribution in [3.63, 3.8) is 0 Å². The molecule has 1 heterocycles. The van der Waals surface area contributed by atoms with Gasteiger partial charge in [-0.15, -0.1) is 0 Å². The molecule has 0 bridgehead atoms. The molecule has 2 rings (SSSR count). The van der Waals surface area contributed by atoms with Crippen molar-refractivity contribution in [1.82, 2.24) is 4.90 Å². The SMILES string of the molecule is CCCC1CCCN(CC(=O)c2ccc(CC)cc2)CC1. The molecule has 0 aromatic heterocycles. The third kappa shape index (κ3) is 4.96. The number of aryl methyl sites for hydroxylation is 1. The first-order chi connectivity index (χ1) is 10.2. The largest absolute Gasteiger partial charge is 0.296 e. The van der Waals surface area contributed by atoms with E-state index in [1.807, 2.05) is 12.1 Å². The molecule has 0 radical (unpaired) electrons. The molecule has 0 amide bonds. The van der Waals surface area contributed by atoms with Gasteiger partial charge < -0.3 is 0 Å². The van der Waals surface area contributed by atoms with Gasteiger partial charge in [0, 0.05) is 5.56 Å². The second-order valence-corrected chi connectivity index (χ2v) is 6.34. The Hall–Kier alpha value is -1.15. The maximum Gasteiger partial charge on any atom is 0.176 e. The van der Waals surface area contributed by atoms with E-state index in [2.05, 4.69) is 30.9 Å². The minimum absolute atomic E-state index is 0.270. The van der Waals surface area contributed by atoms with Gasteiger partial charge in [0.15, 0.2) is 5.78 Å². The maximum atomic E-state index is 12.4. The van der Waals surface area contributed by atoms with Gasteiger partial charge in [0.1, 0.15) is 0 Å². The summed E-state index contributed by atoms with van der Waals surface area (Å²) >= 11 is 0. The molecule has 0 saturated carbocycles. The Kier molecular flexibility index (Phi) is 6.44. The number of carbonyl (C=O) groups excluding carboxylic acids is 1. The molecule has 0 spiro atoms. The summed E-state index contributed by atoms with van der Waals surface area (Å²) in [4.78, 5) is 14.7. The van der Waals surface area contributed by atoms with E-state index in [-0.39, 0.29) is 5.78 Å². The molecule has 116 valence electrons. The molecule has 1 atom stereocenters. The molecular weight excluding hydrogens is 258 g/mol. The molecule has 1 fully saturated rings. The fraction of sp³-hybridized carbons (Fsp3) is 0.632. The number of carbonyl (C=O) groups is 1. The van der Waals surface area contributed by atoms with Crippen LogP contribution in [0.3, 0.4) is 0 Å². The van der Waals surface area contributed by atoms with Crippen LogP contribution in [-0.2, 0) is 6.42 Å². The van der Waals surface area contributed by atoms with Crippen molar-refractivity contribution in [1.29, 1.82) is 0 Å². The summed E-state index contributed by atoms with van der Waals surface area (Å²) in [5, 5.41) is 0. The van der Waals surface area contributed by atoms with Crippen molar-refractivity contribution < 1.29 is 4.79 Å². The van der Waals surface area contributed by atoms with Crippen LogP contribution in [0.25, 0.3) is 0 Å². The highest BCUT2D eigenvalue weighted by Gasteiger charge is 2.18. The summed E-state index contributed by atoms with van der Waals surface area (Å²) < 4.78 is 0. The highest BCUT2D eigenvalue weighted by Crippen LogP contribution is 2.22. The van der Waals surface area contributed by atoms with Crippen molar-refractivity contribution in [3.05, 3.63) is 35.4 Å². The van der Waals surface area contributed by atoms with Gasteiger partial charge in [0.05, 0.1) is 6.54 Å². The Morgan fingerprint density at radius 2 is 1.90 bits per heavy atom. The average Bonchev–Trinajstić information content (AvgIpc) is 2.73. The van der Waals surface area contributed by atoms with Gasteiger partial charge in [0.2, 0.25) is 0 Å². The van der Waals surface area contributed by atoms with Crippen molar-refractivity contribution in [3.8, 4) is 0 Å². The molecule has 1 aliphatic rings. The second-order valence-electron chi connectivity index (χ2n) is 6.34. The number of benzene rings is 1. The highest BCUT2D eigenvalue weighted by molar-refractivity contribution is 5.97. The van der Waals surface area contributed by atoms with Gasteiger partial charge in [0.25, 0.3) is 0 Å². The Bertz CT molecular complexity index is 437. The summed E-state index contributed by atoms with van der Waals surface area (Å²) in [5.41, 5.74) is 2.16. The number of likely N-dealkylation sites (tertiary alicyclic amines) is 1. The minimum Gasteiger partial charge on any atom is -0.296 e. The van der Waals surface area contributed by atoms with Crippen LogP contribution in [0, 0.1) is 5.92 Å². The van der Waals surface area contributed by atoms with Gasteiger partial charge in [-0.3, -0.25) is 9.69 Å². The summed E-state index contributed by atoms with van der Waals surface area (Å²) in [6, 6.07) is 8.12. The molecule has 21 heavy (non-hydrogen) atoms. The number of Topliss-reactive ketones (excluding diaryl/α,β-unsaturated/α-hetero) is 1. The van der Waals surface area contributed by atoms with E-state index in [4.69, 9.17) is 0 Å². The molecule has 1 aromatic rings. The summed E-state index contributed by atoms with van der Waals surface area (Å²) in [6.07, 6.45) is 7.50. The monoisotopic (exact) mass is 287 g/mol. The van der Waals surface area contributed by atoms with E-state index in [0.29, 0.717) is 6.54 Å². The molecule has 1 aliphatic heterocycles. The number of rotatable bonds is 6. The minimum atomic E-state index is 0.270. The van der Waals surface area contributed by atoms with E-state index in [1.165, 1.54) is 37.7 Å². The Morgan fingerprint density at radius 1 is 1.14 bits per heavy atom. The first-order valence-corrected chi connectivity index (χ1v) is 8.57. The molecule has 1 unspecified atom stereocenters. The van der Waals surface area contributed by atoms with Crippen LogP contribution in [0.15, 0.2) is 24.3 Å². The van der Waals surface area contributed by atoms with Gasteiger partial charge in [-0.2, -0.15) is 0 Å². The Balaban J connectivity index is 1.86. The zero-order valence-electron chi connectivity index (χ0n) is 13.6. The van der Waals surface area contributed by atoms with E-state index in [0.717, 1.165) is 31.0 Å². The summed E-state index contributed by atoms with van der Waals surface area (Å²) in [5.74, 6) is 1.14. The molecule has 1 aromatic carbocycles. The normalized spacial score (nSPS) is 20.2. The van der Waals surface area contributed by atoms with Crippen LogP contribution >= 0.6 is 0 Å². The molecule has 1 saturated heterocycles. The maximum absolute atomic E-state index is 12.4. The van der Waals surface area contributed by atoms with Gasteiger partial charge >= 0.3 is 0 Å². The number of nitrogens with zero attached hydrogens (tertiary/aromatic N) is 1. The lowest BCUT2D eigenvalue weighted by molar-refractivity contribution is 0.0932. The van der Waals surface area contributed by atoms with Crippen molar-refractivity contribution >= 4 is 5.78 Å². The van der Waals surface area contributed by atoms with Crippen LogP contribution in [-0.4, -0.2) is 30.3 Å². The second kappa shape index (κ2) is 8.33. The van der Waals surface area contributed by atoms with Gasteiger partial charge in [-0.25, -0.2) is 0 Å². The first kappa shape index (κ1) is 16.2. The third-order valence-electron chi connectivity index (χ3n) is 4.69. The van der Waals surface area contributed by atoms with Gasteiger partial charge in [-0.05, 0) is 50.3 Å². The van der Waals surface area contributed by atoms with E-state index < -0.39 is 0 Å².